The lowest BCUT2D eigenvalue weighted by atomic mass is 10.0. The average Bonchev–Trinajstić information content (AvgIpc) is 3.27. The molecular formula is C26H22N2O2S. The van der Waals surface area contributed by atoms with E-state index in [1.54, 1.807) is 0 Å². The number of hydrogen-bond donors (Lipinski definition) is 0. The first kappa shape index (κ1) is 19.6. The molecule has 4 nitrogen and oxygen atoms in total. The summed E-state index contributed by atoms with van der Waals surface area (Å²) in [6.07, 6.45) is 3.92. The standard InChI is InChI=1S/C26H22N2O2S/c1-17(2)27-16-20(22-12-5-6-13-23(22)27)14-24-25(29)28(26(30)31-24)15-19-10-7-9-18-8-3-4-11-21(18)19/h3-14,16-17H,15H2,1-2H3/b24-14+. The molecule has 0 unspecified atom stereocenters. The molecule has 3 aromatic carbocycles. The van der Waals surface area contributed by atoms with Gasteiger partial charge in [-0.05, 0) is 54.1 Å². The fourth-order valence-electron chi connectivity index (χ4n) is 4.15. The molecule has 1 aliphatic heterocycles. The molecule has 154 valence electrons. The molecular weight excluding hydrogens is 404 g/mol. The van der Waals surface area contributed by atoms with Crippen molar-refractivity contribution in [3.8, 4) is 0 Å². The van der Waals surface area contributed by atoms with Gasteiger partial charge >= 0.3 is 0 Å². The van der Waals surface area contributed by atoms with E-state index < -0.39 is 0 Å². The summed E-state index contributed by atoms with van der Waals surface area (Å²) in [5.41, 5.74) is 3.05. The lowest BCUT2D eigenvalue weighted by molar-refractivity contribution is -0.123. The first-order valence-electron chi connectivity index (χ1n) is 10.3. The molecule has 1 aromatic heterocycles. The minimum Gasteiger partial charge on any atom is -0.344 e. The van der Waals surface area contributed by atoms with Gasteiger partial charge in [-0.2, -0.15) is 0 Å². The van der Waals surface area contributed by atoms with E-state index in [0.29, 0.717) is 10.9 Å². The number of hydrogen-bond acceptors (Lipinski definition) is 3. The summed E-state index contributed by atoms with van der Waals surface area (Å²) in [4.78, 5) is 27.7. The molecule has 2 amide bonds. The van der Waals surface area contributed by atoms with Crippen molar-refractivity contribution < 1.29 is 9.59 Å². The van der Waals surface area contributed by atoms with E-state index in [9.17, 15) is 9.59 Å². The van der Waals surface area contributed by atoms with Gasteiger partial charge in [-0.15, -0.1) is 0 Å². The third-order valence-corrected chi connectivity index (χ3v) is 6.60. The summed E-state index contributed by atoms with van der Waals surface area (Å²) in [7, 11) is 0. The topological polar surface area (TPSA) is 42.3 Å². The molecule has 0 saturated carbocycles. The number of thioether (sulfide) groups is 1. The Hall–Kier alpha value is -3.31. The summed E-state index contributed by atoms with van der Waals surface area (Å²) >= 11 is 1.02. The molecule has 4 aromatic rings. The summed E-state index contributed by atoms with van der Waals surface area (Å²) < 4.78 is 2.20. The number of aromatic nitrogens is 1. The second kappa shape index (κ2) is 7.75. The van der Waals surface area contributed by atoms with E-state index in [0.717, 1.165) is 44.6 Å². The highest BCUT2D eigenvalue weighted by molar-refractivity contribution is 8.18. The van der Waals surface area contributed by atoms with E-state index in [2.05, 4.69) is 36.7 Å². The van der Waals surface area contributed by atoms with Gasteiger partial charge in [0, 0.05) is 28.7 Å². The van der Waals surface area contributed by atoms with Crippen molar-refractivity contribution in [3.63, 3.8) is 0 Å². The van der Waals surface area contributed by atoms with Crippen LogP contribution < -0.4 is 0 Å². The van der Waals surface area contributed by atoms with E-state index in [1.165, 1.54) is 4.90 Å². The van der Waals surface area contributed by atoms with E-state index in [1.807, 2.05) is 60.7 Å². The lowest BCUT2D eigenvalue weighted by Gasteiger charge is -2.14. The normalized spacial score (nSPS) is 15.8. The van der Waals surface area contributed by atoms with Gasteiger partial charge in [0.2, 0.25) is 0 Å². The number of nitrogens with zero attached hydrogens (tertiary/aromatic N) is 2. The first-order chi connectivity index (χ1) is 15.0. The minimum atomic E-state index is -0.232. The molecule has 2 heterocycles. The molecule has 31 heavy (non-hydrogen) atoms. The molecule has 1 saturated heterocycles. The zero-order valence-electron chi connectivity index (χ0n) is 17.4. The van der Waals surface area contributed by atoms with Crippen molar-refractivity contribution in [2.24, 2.45) is 0 Å². The van der Waals surface area contributed by atoms with E-state index >= 15 is 0 Å². The van der Waals surface area contributed by atoms with Crippen LogP contribution in [0.5, 0.6) is 0 Å². The molecule has 0 N–H and O–H groups in total. The van der Waals surface area contributed by atoms with Gasteiger partial charge in [-0.3, -0.25) is 14.5 Å². The summed E-state index contributed by atoms with van der Waals surface area (Å²) in [5, 5.41) is 3.02. The molecule has 5 heteroatoms. The van der Waals surface area contributed by atoms with Gasteiger partial charge in [-0.25, -0.2) is 0 Å². The van der Waals surface area contributed by atoms with Crippen LogP contribution in [0, 0.1) is 0 Å². The predicted molar refractivity (Wildman–Crippen MR) is 128 cm³/mol. The van der Waals surface area contributed by atoms with Crippen molar-refractivity contribution in [1.82, 2.24) is 9.47 Å². The number of benzene rings is 3. The molecule has 0 atom stereocenters. The van der Waals surface area contributed by atoms with Gasteiger partial charge in [-0.1, -0.05) is 60.7 Å². The Balaban J connectivity index is 1.50. The third kappa shape index (κ3) is 3.45. The third-order valence-electron chi connectivity index (χ3n) is 5.70. The molecule has 0 aliphatic carbocycles. The molecule has 0 bridgehead atoms. The van der Waals surface area contributed by atoms with Crippen LogP contribution in [0.3, 0.4) is 0 Å². The number of rotatable bonds is 4. The minimum absolute atomic E-state index is 0.225. The summed E-state index contributed by atoms with van der Waals surface area (Å²) in [6.45, 7) is 4.54. The van der Waals surface area contributed by atoms with Crippen molar-refractivity contribution in [2.45, 2.75) is 26.4 Å². The van der Waals surface area contributed by atoms with Gasteiger partial charge in [0.1, 0.15) is 0 Å². The smallest absolute Gasteiger partial charge is 0.293 e. The maximum absolute atomic E-state index is 13.1. The number of carbonyl (C=O) groups excluding carboxylic acids is 2. The highest BCUT2D eigenvalue weighted by atomic mass is 32.2. The highest BCUT2D eigenvalue weighted by Gasteiger charge is 2.35. The van der Waals surface area contributed by atoms with Crippen LogP contribution in [0.4, 0.5) is 4.79 Å². The fourth-order valence-corrected chi connectivity index (χ4v) is 4.98. The number of carbonyl (C=O) groups is 2. The van der Waals surface area contributed by atoms with Gasteiger partial charge in [0.15, 0.2) is 0 Å². The van der Waals surface area contributed by atoms with Crippen molar-refractivity contribution >= 4 is 50.7 Å². The average molecular weight is 427 g/mol. The number of fused-ring (bicyclic) bond motifs is 2. The second-order valence-corrected chi connectivity index (χ2v) is 9.00. The molecule has 1 fully saturated rings. The second-order valence-electron chi connectivity index (χ2n) is 8.01. The van der Waals surface area contributed by atoms with Gasteiger partial charge < -0.3 is 4.57 Å². The Bertz CT molecular complexity index is 1360. The molecule has 1 aliphatic rings. The maximum Gasteiger partial charge on any atom is 0.293 e. The van der Waals surface area contributed by atoms with Crippen LogP contribution in [-0.2, 0) is 11.3 Å². The molecule has 0 spiro atoms. The Morgan fingerprint density at radius 1 is 0.903 bits per heavy atom. The van der Waals surface area contributed by atoms with Crippen LogP contribution >= 0.6 is 11.8 Å². The van der Waals surface area contributed by atoms with Gasteiger partial charge in [0.25, 0.3) is 11.1 Å². The van der Waals surface area contributed by atoms with Crippen LogP contribution in [0.25, 0.3) is 27.8 Å². The van der Waals surface area contributed by atoms with Gasteiger partial charge in [0.05, 0.1) is 11.4 Å². The predicted octanol–water partition coefficient (Wildman–Crippen LogP) is 6.61. The number of imide groups is 1. The monoisotopic (exact) mass is 426 g/mol. The van der Waals surface area contributed by atoms with Crippen molar-refractivity contribution in [2.75, 3.05) is 0 Å². The van der Waals surface area contributed by atoms with Crippen LogP contribution in [0.15, 0.2) is 77.8 Å². The number of para-hydroxylation sites is 1. The largest absolute Gasteiger partial charge is 0.344 e. The number of amides is 2. The maximum atomic E-state index is 13.1. The molecule has 0 radical (unpaired) electrons. The fraction of sp³-hybridized carbons (Fsp3) is 0.154. The van der Waals surface area contributed by atoms with E-state index in [4.69, 9.17) is 0 Å². The zero-order chi connectivity index (χ0) is 21.5. The van der Waals surface area contributed by atoms with Crippen molar-refractivity contribution in [3.05, 3.63) is 89.0 Å². The Morgan fingerprint density at radius 3 is 2.42 bits per heavy atom. The SMILES string of the molecule is CC(C)n1cc(/C=C2/SC(=O)N(Cc3cccc4ccccc34)C2=O)c2ccccc21. The molecule has 5 rings (SSSR count). The Kier molecular flexibility index (Phi) is 4.91. The van der Waals surface area contributed by atoms with Crippen LogP contribution in [-0.4, -0.2) is 20.6 Å². The zero-order valence-corrected chi connectivity index (χ0v) is 18.2. The first-order valence-corrected chi connectivity index (χ1v) is 11.2. The van der Waals surface area contributed by atoms with Crippen LogP contribution in [0.1, 0.15) is 31.0 Å². The highest BCUT2D eigenvalue weighted by Crippen LogP contribution is 2.36. The van der Waals surface area contributed by atoms with Crippen molar-refractivity contribution in [1.29, 1.82) is 0 Å². The Labute approximate surface area is 185 Å². The van der Waals surface area contributed by atoms with Crippen LogP contribution in [0.2, 0.25) is 0 Å². The quantitative estimate of drug-likeness (QED) is 0.345. The lowest BCUT2D eigenvalue weighted by Crippen LogP contribution is -2.27. The Morgan fingerprint density at radius 2 is 1.61 bits per heavy atom. The van der Waals surface area contributed by atoms with E-state index in [-0.39, 0.29) is 17.7 Å². The summed E-state index contributed by atoms with van der Waals surface area (Å²) in [6, 6.07) is 22.5. The summed E-state index contributed by atoms with van der Waals surface area (Å²) in [5.74, 6) is -0.232.